The molecule has 5 nitrogen and oxygen atoms in total. The van der Waals surface area contributed by atoms with Gasteiger partial charge in [0.1, 0.15) is 0 Å². The van der Waals surface area contributed by atoms with Gasteiger partial charge in [0.2, 0.25) is 5.89 Å². The van der Waals surface area contributed by atoms with Crippen LogP contribution < -0.4 is 5.73 Å². The summed E-state index contributed by atoms with van der Waals surface area (Å²) >= 11 is 3.07. The van der Waals surface area contributed by atoms with Crippen molar-refractivity contribution < 1.29 is 4.52 Å². The number of aromatic nitrogens is 3. The van der Waals surface area contributed by atoms with Gasteiger partial charge in [0.05, 0.1) is 16.2 Å². The average molecular weight is 256 g/mol. The molecule has 2 aromatic heterocycles. The summed E-state index contributed by atoms with van der Waals surface area (Å²) in [5.74, 6) is 2.10. The van der Waals surface area contributed by atoms with E-state index in [0.717, 1.165) is 22.9 Å². The number of rotatable bonds is 5. The fourth-order valence-electron chi connectivity index (χ4n) is 1.15. The van der Waals surface area contributed by atoms with E-state index in [1.54, 1.807) is 18.0 Å². The molecule has 0 saturated carbocycles. The maximum Gasteiger partial charge on any atom is 0.237 e. The average Bonchev–Trinajstić information content (AvgIpc) is 2.85. The van der Waals surface area contributed by atoms with Crippen molar-refractivity contribution in [3.8, 4) is 0 Å². The highest BCUT2D eigenvalue weighted by Gasteiger charge is 2.07. The second kappa shape index (κ2) is 5.31. The van der Waals surface area contributed by atoms with Gasteiger partial charge in [0.15, 0.2) is 11.0 Å². The van der Waals surface area contributed by atoms with E-state index < -0.39 is 0 Å². The lowest BCUT2D eigenvalue weighted by Gasteiger charge is -1.90. The first-order valence-corrected chi connectivity index (χ1v) is 6.73. The van der Waals surface area contributed by atoms with E-state index in [0.29, 0.717) is 16.8 Å². The van der Waals surface area contributed by atoms with Crippen molar-refractivity contribution in [3.63, 3.8) is 0 Å². The van der Waals surface area contributed by atoms with Gasteiger partial charge in [-0.15, -0.1) is 11.8 Å². The Labute approximate surface area is 101 Å². The summed E-state index contributed by atoms with van der Waals surface area (Å²) in [7, 11) is 0. The molecule has 0 aliphatic heterocycles. The van der Waals surface area contributed by atoms with Crippen molar-refractivity contribution >= 4 is 28.2 Å². The molecule has 0 amide bonds. The van der Waals surface area contributed by atoms with Crippen molar-refractivity contribution in [1.82, 2.24) is 15.1 Å². The van der Waals surface area contributed by atoms with Crippen molar-refractivity contribution in [2.45, 2.75) is 29.7 Å². The van der Waals surface area contributed by atoms with Crippen LogP contribution in [0.15, 0.2) is 14.9 Å². The Morgan fingerprint density at radius 1 is 1.56 bits per heavy atom. The highest BCUT2D eigenvalue weighted by molar-refractivity contribution is 8.00. The summed E-state index contributed by atoms with van der Waals surface area (Å²) in [6, 6.07) is 0. The fourth-order valence-corrected chi connectivity index (χ4v) is 2.74. The van der Waals surface area contributed by atoms with Crippen LogP contribution in [0.1, 0.15) is 25.1 Å². The topological polar surface area (TPSA) is 77.8 Å². The van der Waals surface area contributed by atoms with Crippen LogP contribution in [0, 0.1) is 0 Å². The van der Waals surface area contributed by atoms with E-state index in [1.165, 1.54) is 11.3 Å². The lowest BCUT2D eigenvalue weighted by molar-refractivity contribution is 0.384. The summed E-state index contributed by atoms with van der Waals surface area (Å²) in [5.41, 5.74) is 5.53. The molecule has 86 valence electrons. The van der Waals surface area contributed by atoms with Crippen LogP contribution in [0.25, 0.3) is 0 Å². The van der Waals surface area contributed by atoms with Crippen molar-refractivity contribution in [1.29, 1.82) is 0 Å². The van der Waals surface area contributed by atoms with Crippen LogP contribution in [0.2, 0.25) is 0 Å². The predicted octanol–water partition coefficient (Wildman–Crippen LogP) is 2.35. The van der Waals surface area contributed by atoms with E-state index in [4.69, 9.17) is 10.3 Å². The summed E-state index contributed by atoms with van der Waals surface area (Å²) in [4.78, 5) is 8.25. The van der Waals surface area contributed by atoms with E-state index in [2.05, 4.69) is 22.0 Å². The molecular formula is C9H12N4OS2. The van der Waals surface area contributed by atoms with E-state index in [1.807, 2.05) is 0 Å². The Bertz CT molecular complexity index is 454. The number of anilines is 1. The van der Waals surface area contributed by atoms with Gasteiger partial charge in [-0.3, -0.25) is 0 Å². The third kappa shape index (κ3) is 2.96. The van der Waals surface area contributed by atoms with Crippen molar-refractivity contribution in [3.05, 3.63) is 17.9 Å². The Kier molecular flexibility index (Phi) is 3.79. The lowest BCUT2D eigenvalue weighted by atomic mass is 10.3. The van der Waals surface area contributed by atoms with Gasteiger partial charge in [-0.25, -0.2) is 4.98 Å². The van der Waals surface area contributed by atoms with Gasteiger partial charge < -0.3 is 10.3 Å². The maximum absolute atomic E-state index is 5.53. The van der Waals surface area contributed by atoms with Gasteiger partial charge in [0.25, 0.3) is 0 Å². The Hall–Kier alpha value is -1.08. The fraction of sp³-hybridized carbons (Fsp3) is 0.444. The standard InChI is InChI=1S/C9H12N4OS2/c1-2-3-6-12-7(14-13-6)5-15-8-4-11-9(10)16-8/h4H,2-3,5H2,1H3,(H2,10,11). The summed E-state index contributed by atoms with van der Waals surface area (Å²) < 4.78 is 6.18. The monoisotopic (exact) mass is 256 g/mol. The number of aryl methyl sites for hydroxylation is 1. The van der Waals surface area contributed by atoms with Gasteiger partial charge in [-0.1, -0.05) is 23.4 Å². The molecule has 2 aromatic rings. The number of hydrogen-bond acceptors (Lipinski definition) is 7. The minimum Gasteiger partial charge on any atom is -0.375 e. The third-order valence-electron chi connectivity index (χ3n) is 1.82. The maximum atomic E-state index is 5.53. The number of thioether (sulfide) groups is 1. The van der Waals surface area contributed by atoms with Crippen LogP contribution in [0.3, 0.4) is 0 Å². The molecule has 0 radical (unpaired) electrons. The number of hydrogen-bond donors (Lipinski definition) is 1. The quantitative estimate of drug-likeness (QED) is 0.827. The van der Waals surface area contributed by atoms with E-state index in [9.17, 15) is 0 Å². The van der Waals surface area contributed by atoms with Crippen molar-refractivity contribution in [2.24, 2.45) is 0 Å². The van der Waals surface area contributed by atoms with Gasteiger partial charge in [-0.2, -0.15) is 4.98 Å². The van der Waals surface area contributed by atoms with Crippen LogP contribution in [-0.2, 0) is 12.2 Å². The van der Waals surface area contributed by atoms with Crippen LogP contribution in [0.5, 0.6) is 0 Å². The molecule has 2 N–H and O–H groups in total. The minimum absolute atomic E-state index is 0.583. The Balaban J connectivity index is 1.89. The van der Waals surface area contributed by atoms with Gasteiger partial charge in [0, 0.05) is 6.42 Å². The molecule has 0 atom stereocenters. The summed E-state index contributed by atoms with van der Waals surface area (Å²) in [6.45, 7) is 2.09. The molecule has 16 heavy (non-hydrogen) atoms. The van der Waals surface area contributed by atoms with Crippen LogP contribution >= 0.6 is 23.1 Å². The summed E-state index contributed by atoms with van der Waals surface area (Å²) in [6.07, 6.45) is 3.65. The predicted molar refractivity (Wildman–Crippen MR) is 64.4 cm³/mol. The number of nitrogens with two attached hydrogens (primary N) is 1. The normalized spacial score (nSPS) is 10.8. The molecule has 7 heteroatoms. The number of nitrogen functional groups attached to an aromatic ring is 1. The highest BCUT2D eigenvalue weighted by Crippen LogP contribution is 2.28. The van der Waals surface area contributed by atoms with E-state index >= 15 is 0 Å². The second-order valence-electron chi connectivity index (χ2n) is 3.16. The molecule has 0 aliphatic carbocycles. The molecule has 0 saturated heterocycles. The highest BCUT2D eigenvalue weighted by atomic mass is 32.2. The third-order valence-corrected chi connectivity index (χ3v) is 3.83. The molecule has 0 aliphatic rings. The molecular weight excluding hydrogens is 244 g/mol. The van der Waals surface area contributed by atoms with Crippen LogP contribution in [-0.4, -0.2) is 15.1 Å². The Morgan fingerprint density at radius 2 is 2.44 bits per heavy atom. The Morgan fingerprint density at radius 3 is 3.12 bits per heavy atom. The zero-order chi connectivity index (χ0) is 11.4. The molecule has 0 spiro atoms. The largest absolute Gasteiger partial charge is 0.375 e. The first kappa shape index (κ1) is 11.4. The first-order chi connectivity index (χ1) is 7.78. The van der Waals surface area contributed by atoms with Gasteiger partial charge >= 0.3 is 0 Å². The molecule has 0 unspecified atom stereocenters. The molecule has 0 aromatic carbocycles. The number of nitrogens with zero attached hydrogens (tertiary/aromatic N) is 3. The molecule has 2 heterocycles. The SMILES string of the molecule is CCCc1noc(CSc2cnc(N)s2)n1. The zero-order valence-corrected chi connectivity index (χ0v) is 10.5. The molecule has 2 rings (SSSR count). The molecule has 0 fully saturated rings. The smallest absolute Gasteiger partial charge is 0.237 e. The van der Waals surface area contributed by atoms with E-state index in [-0.39, 0.29) is 0 Å². The van der Waals surface area contributed by atoms with Crippen LogP contribution in [0.4, 0.5) is 5.13 Å². The van der Waals surface area contributed by atoms with Gasteiger partial charge in [-0.05, 0) is 6.42 Å². The lowest BCUT2D eigenvalue weighted by Crippen LogP contribution is -1.86. The summed E-state index contributed by atoms with van der Waals surface area (Å²) in [5, 5.41) is 4.47. The zero-order valence-electron chi connectivity index (χ0n) is 8.84. The van der Waals surface area contributed by atoms with Crippen molar-refractivity contribution in [2.75, 3.05) is 5.73 Å². The number of thiazole rings is 1. The molecule has 0 bridgehead atoms. The second-order valence-corrected chi connectivity index (χ2v) is 5.50. The first-order valence-electron chi connectivity index (χ1n) is 4.93. The minimum atomic E-state index is 0.583.